The number of nitrogens with one attached hydrogen (secondary N) is 3. The Hall–Kier alpha value is -2.28. The maximum Gasteiger partial charge on any atom is 0.422 e. The lowest BCUT2D eigenvalue weighted by Crippen LogP contribution is -2.48. The highest BCUT2D eigenvalue weighted by atomic mass is 16.6. The van der Waals surface area contributed by atoms with Gasteiger partial charge in [-0.15, -0.1) is 0 Å². The van der Waals surface area contributed by atoms with E-state index >= 15 is 0 Å². The highest BCUT2D eigenvalue weighted by Gasteiger charge is 2.27. The van der Waals surface area contributed by atoms with Gasteiger partial charge in [-0.25, -0.2) is 10.2 Å². The fourth-order valence-corrected chi connectivity index (χ4v) is 3.11. The Morgan fingerprint density at radius 2 is 1.78 bits per heavy atom. The summed E-state index contributed by atoms with van der Waals surface area (Å²) in [6.45, 7) is 7.42. The highest BCUT2D eigenvalue weighted by molar-refractivity contribution is 5.92. The Bertz CT molecular complexity index is 662. The van der Waals surface area contributed by atoms with Gasteiger partial charge >= 0.3 is 6.09 Å². The number of amides is 2. The zero-order valence-corrected chi connectivity index (χ0v) is 16.8. The number of methoxy groups -OCH3 is 1. The molecule has 2 amide bonds. The highest BCUT2D eigenvalue weighted by Crippen LogP contribution is 2.27. The molecule has 2 rings (SSSR count). The predicted octanol–water partition coefficient (Wildman–Crippen LogP) is 3.53. The van der Waals surface area contributed by atoms with Crippen molar-refractivity contribution in [2.24, 2.45) is 5.92 Å². The molecule has 3 N–H and O–H groups in total. The molecule has 27 heavy (non-hydrogen) atoms. The van der Waals surface area contributed by atoms with Gasteiger partial charge in [0.25, 0.3) is 0 Å². The quantitative estimate of drug-likeness (QED) is 0.683. The molecule has 0 aromatic heterocycles. The van der Waals surface area contributed by atoms with Crippen LogP contribution < -0.4 is 20.9 Å². The second kappa shape index (κ2) is 9.08. The molecule has 1 fully saturated rings. The Labute approximate surface area is 161 Å². The van der Waals surface area contributed by atoms with Crippen molar-refractivity contribution in [3.63, 3.8) is 0 Å². The zero-order chi connectivity index (χ0) is 20.0. The fraction of sp³-hybridized carbons (Fsp3) is 0.600. The van der Waals surface area contributed by atoms with Crippen LogP contribution in [-0.2, 0) is 9.53 Å². The van der Waals surface area contributed by atoms with Crippen molar-refractivity contribution in [3.8, 4) is 5.75 Å². The number of aryl methyl sites for hydroxylation is 1. The number of anilines is 1. The smallest absolute Gasteiger partial charge is 0.422 e. The summed E-state index contributed by atoms with van der Waals surface area (Å²) >= 11 is 0. The molecule has 0 saturated heterocycles. The summed E-state index contributed by atoms with van der Waals surface area (Å²) in [5.74, 6) is 0.755. The molecule has 0 heterocycles. The first-order chi connectivity index (χ1) is 12.7. The summed E-state index contributed by atoms with van der Waals surface area (Å²) < 4.78 is 10.5. The zero-order valence-electron chi connectivity index (χ0n) is 16.8. The number of rotatable bonds is 5. The lowest BCUT2D eigenvalue weighted by atomic mass is 9.85. The van der Waals surface area contributed by atoms with E-state index in [1.165, 1.54) is 0 Å². The third-order valence-electron chi connectivity index (χ3n) is 4.55. The van der Waals surface area contributed by atoms with Crippen molar-refractivity contribution in [1.29, 1.82) is 0 Å². The van der Waals surface area contributed by atoms with E-state index in [1.807, 2.05) is 45.9 Å². The molecule has 0 spiro atoms. The SMILES string of the molecule is COc1cc(NC(=O)C2CCC(NNC(=O)OC(C)(C)C)CC2)ccc1C. The van der Waals surface area contributed by atoms with Crippen molar-refractivity contribution >= 4 is 17.7 Å². The van der Waals surface area contributed by atoms with Crippen molar-refractivity contribution < 1.29 is 19.1 Å². The van der Waals surface area contributed by atoms with Crippen LogP contribution >= 0.6 is 0 Å². The summed E-state index contributed by atoms with van der Waals surface area (Å²) in [5.41, 5.74) is 6.83. The van der Waals surface area contributed by atoms with Gasteiger partial charge in [0.2, 0.25) is 5.91 Å². The molecule has 1 aromatic carbocycles. The van der Waals surface area contributed by atoms with Gasteiger partial charge in [-0.1, -0.05) is 6.07 Å². The number of ether oxygens (including phenoxy) is 2. The van der Waals surface area contributed by atoms with Gasteiger partial charge in [0, 0.05) is 23.7 Å². The molecule has 1 aliphatic carbocycles. The van der Waals surface area contributed by atoms with Gasteiger partial charge in [-0.3, -0.25) is 10.2 Å². The maximum atomic E-state index is 12.5. The van der Waals surface area contributed by atoms with E-state index in [0.29, 0.717) is 0 Å². The van der Waals surface area contributed by atoms with Gasteiger partial charge in [0.15, 0.2) is 0 Å². The van der Waals surface area contributed by atoms with E-state index in [0.717, 1.165) is 42.7 Å². The molecule has 7 nitrogen and oxygen atoms in total. The largest absolute Gasteiger partial charge is 0.496 e. The van der Waals surface area contributed by atoms with Crippen LogP contribution in [0.1, 0.15) is 52.0 Å². The van der Waals surface area contributed by atoms with E-state index in [4.69, 9.17) is 9.47 Å². The average molecular weight is 377 g/mol. The molecule has 1 aromatic rings. The van der Waals surface area contributed by atoms with Gasteiger partial charge in [0.05, 0.1) is 7.11 Å². The second-order valence-corrected chi connectivity index (χ2v) is 7.99. The molecule has 1 aliphatic rings. The normalized spacial score (nSPS) is 19.9. The maximum absolute atomic E-state index is 12.5. The van der Waals surface area contributed by atoms with Crippen LogP contribution in [-0.4, -0.2) is 30.8 Å². The number of carbonyl (C=O) groups is 2. The molecule has 1 saturated carbocycles. The van der Waals surface area contributed by atoms with Gasteiger partial charge in [0.1, 0.15) is 11.4 Å². The first-order valence-electron chi connectivity index (χ1n) is 9.38. The molecule has 150 valence electrons. The Morgan fingerprint density at radius 1 is 1.11 bits per heavy atom. The lowest BCUT2D eigenvalue weighted by Gasteiger charge is -2.29. The van der Waals surface area contributed by atoms with Crippen molar-refractivity contribution in [2.75, 3.05) is 12.4 Å². The van der Waals surface area contributed by atoms with E-state index < -0.39 is 11.7 Å². The number of benzene rings is 1. The molecule has 0 radical (unpaired) electrons. The van der Waals surface area contributed by atoms with Crippen molar-refractivity contribution in [3.05, 3.63) is 23.8 Å². The summed E-state index contributed by atoms with van der Waals surface area (Å²) in [6, 6.07) is 5.79. The minimum atomic E-state index is -0.528. The topological polar surface area (TPSA) is 88.7 Å². The van der Waals surface area contributed by atoms with Crippen LogP contribution in [0, 0.1) is 12.8 Å². The Balaban J connectivity index is 1.76. The van der Waals surface area contributed by atoms with Crippen LogP contribution in [0.4, 0.5) is 10.5 Å². The van der Waals surface area contributed by atoms with Crippen LogP contribution in [0.3, 0.4) is 0 Å². The predicted molar refractivity (Wildman–Crippen MR) is 105 cm³/mol. The standard InChI is InChI=1S/C20H31N3O4/c1-13-6-9-16(12-17(13)26-5)21-18(24)14-7-10-15(11-8-14)22-23-19(25)27-20(2,3)4/h6,9,12,14-15,22H,7-8,10-11H2,1-5H3,(H,21,24)(H,23,25). The average Bonchev–Trinajstić information content (AvgIpc) is 2.60. The minimum Gasteiger partial charge on any atom is -0.496 e. The molecule has 7 heteroatoms. The summed E-state index contributed by atoms with van der Waals surface area (Å²) in [6.07, 6.45) is 2.66. The molecular formula is C20H31N3O4. The monoisotopic (exact) mass is 377 g/mol. The van der Waals surface area contributed by atoms with Crippen LogP contribution in [0.25, 0.3) is 0 Å². The first kappa shape index (κ1) is 21.0. The molecule has 0 aliphatic heterocycles. The van der Waals surface area contributed by atoms with Crippen LogP contribution in [0.2, 0.25) is 0 Å². The lowest BCUT2D eigenvalue weighted by molar-refractivity contribution is -0.120. The van der Waals surface area contributed by atoms with Crippen molar-refractivity contribution in [2.45, 2.75) is 65.0 Å². The third kappa shape index (κ3) is 6.75. The third-order valence-corrected chi connectivity index (χ3v) is 4.55. The molecule has 0 bridgehead atoms. The molecule has 0 unspecified atom stereocenters. The Morgan fingerprint density at radius 3 is 2.37 bits per heavy atom. The van der Waals surface area contributed by atoms with Gasteiger partial charge in [-0.2, -0.15) is 0 Å². The van der Waals surface area contributed by atoms with Crippen LogP contribution in [0.15, 0.2) is 18.2 Å². The number of hydrazine groups is 1. The van der Waals surface area contributed by atoms with Crippen molar-refractivity contribution in [1.82, 2.24) is 10.9 Å². The summed E-state index contributed by atoms with van der Waals surface area (Å²) in [5, 5.41) is 2.98. The second-order valence-electron chi connectivity index (χ2n) is 7.99. The van der Waals surface area contributed by atoms with E-state index in [2.05, 4.69) is 16.2 Å². The van der Waals surface area contributed by atoms with Gasteiger partial charge in [-0.05, 0) is 65.0 Å². The fourth-order valence-electron chi connectivity index (χ4n) is 3.11. The van der Waals surface area contributed by atoms with E-state index in [9.17, 15) is 9.59 Å². The van der Waals surface area contributed by atoms with E-state index in [-0.39, 0.29) is 17.9 Å². The molecular weight excluding hydrogens is 346 g/mol. The number of carbonyl (C=O) groups excluding carboxylic acids is 2. The van der Waals surface area contributed by atoms with Gasteiger partial charge < -0.3 is 14.8 Å². The molecule has 0 atom stereocenters. The first-order valence-corrected chi connectivity index (χ1v) is 9.38. The Kier molecular flexibility index (Phi) is 7.07. The van der Waals surface area contributed by atoms with Crippen LogP contribution in [0.5, 0.6) is 5.75 Å². The number of hydrogen-bond acceptors (Lipinski definition) is 5. The summed E-state index contributed by atoms with van der Waals surface area (Å²) in [7, 11) is 1.62. The number of hydrogen-bond donors (Lipinski definition) is 3. The van der Waals surface area contributed by atoms with E-state index in [1.54, 1.807) is 7.11 Å². The summed E-state index contributed by atoms with van der Waals surface area (Å²) in [4.78, 5) is 24.2. The minimum absolute atomic E-state index is 0.0273.